The van der Waals surface area contributed by atoms with E-state index in [4.69, 9.17) is 16.6 Å². The molecule has 0 unspecified atom stereocenters. The number of hydrogen-bond acceptors (Lipinski definition) is 7. The van der Waals surface area contributed by atoms with E-state index in [9.17, 15) is 23.1 Å². The quantitative estimate of drug-likeness (QED) is 0.302. The molecule has 5 rings (SSSR count). The lowest BCUT2D eigenvalue weighted by Crippen LogP contribution is -2.60. The molecule has 3 heterocycles. The SMILES string of the molecule is C=CC(=O)N1C[C@H](C)N(c2nc(N3CC(N(C)CC(F)F)C3)nc3c(F)c(-c4c(O)cccc4F)c(Cl)cc23)C[C@H]1C. The zero-order valence-electron chi connectivity index (χ0n) is 23.4. The molecule has 42 heavy (non-hydrogen) atoms. The standard InChI is InChI=1S/C29H31ClF4N6O2/c1-5-23(42)39-10-16(3)40(11-15(39)2)28-18-9-19(30)24(25-20(31)7-6-8-21(25)41)26(34)27(18)35-29(36-28)38-12-17(13-38)37(4)14-22(32)33/h5-9,15-17,22,41H,1,10-14H2,2-4H3/t15-,16+/m1/s1. The molecule has 0 radical (unpaired) electrons. The van der Waals surface area contributed by atoms with E-state index in [1.165, 1.54) is 24.3 Å². The number of nitrogens with zero attached hydrogens (tertiary/aromatic N) is 6. The first kappa shape index (κ1) is 29.8. The molecule has 2 aromatic carbocycles. The number of aromatic nitrogens is 2. The first-order chi connectivity index (χ1) is 19.9. The summed E-state index contributed by atoms with van der Waals surface area (Å²) >= 11 is 6.55. The van der Waals surface area contributed by atoms with Crippen LogP contribution in [0.4, 0.5) is 29.3 Å². The van der Waals surface area contributed by atoms with Gasteiger partial charge < -0.3 is 19.8 Å². The average Bonchev–Trinajstić information content (AvgIpc) is 2.89. The number of benzene rings is 2. The topological polar surface area (TPSA) is 76.0 Å². The van der Waals surface area contributed by atoms with Gasteiger partial charge in [0.05, 0.1) is 17.1 Å². The number of carbonyl (C=O) groups is 1. The van der Waals surface area contributed by atoms with Gasteiger partial charge in [-0.15, -0.1) is 0 Å². The highest BCUT2D eigenvalue weighted by Gasteiger charge is 2.37. The zero-order valence-corrected chi connectivity index (χ0v) is 24.1. The van der Waals surface area contributed by atoms with Gasteiger partial charge in [0.15, 0.2) is 5.82 Å². The van der Waals surface area contributed by atoms with E-state index >= 15 is 4.39 Å². The zero-order chi connectivity index (χ0) is 30.5. The van der Waals surface area contributed by atoms with E-state index in [1.54, 1.807) is 21.7 Å². The summed E-state index contributed by atoms with van der Waals surface area (Å²) in [6.45, 7) is 8.40. The maximum Gasteiger partial charge on any atom is 0.251 e. The Morgan fingerprint density at radius 3 is 2.52 bits per heavy atom. The Morgan fingerprint density at radius 2 is 1.88 bits per heavy atom. The Labute approximate surface area is 245 Å². The third-order valence-corrected chi connectivity index (χ3v) is 8.30. The second kappa shape index (κ2) is 11.6. The fourth-order valence-corrected chi connectivity index (χ4v) is 5.91. The van der Waals surface area contributed by atoms with E-state index < -0.39 is 23.8 Å². The fourth-order valence-electron chi connectivity index (χ4n) is 5.63. The van der Waals surface area contributed by atoms with Gasteiger partial charge in [-0.05, 0) is 45.2 Å². The number of fused-ring (bicyclic) bond motifs is 1. The number of phenols is 1. The van der Waals surface area contributed by atoms with Crippen molar-refractivity contribution in [2.45, 2.75) is 38.4 Å². The van der Waals surface area contributed by atoms with Gasteiger partial charge in [-0.3, -0.25) is 9.69 Å². The van der Waals surface area contributed by atoms with E-state index in [-0.39, 0.29) is 63.6 Å². The predicted octanol–water partition coefficient (Wildman–Crippen LogP) is 4.93. The number of phenolic OH excluding ortho intramolecular Hbond substituents is 1. The molecule has 2 saturated heterocycles. The molecule has 1 N–H and O–H groups in total. The fraction of sp³-hybridized carbons (Fsp3) is 0.414. The Balaban J connectivity index is 1.63. The summed E-state index contributed by atoms with van der Waals surface area (Å²) in [7, 11) is 1.61. The summed E-state index contributed by atoms with van der Waals surface area (Å²) in [6, 6.07) is 4.43. The number of alkyl halides is 2. The minimum Gasteiger partial charge on any atom is -0.507 e. The van der Waals surface area contributed by atoms with Gasteiger partial charge in [-0.2, -0.15) is 4.98 Å². The van der Waals surface area contributed by atoms with Crippen LogP contribution >= 0.6 is 11.6 Å². The summed E-state index contributed by atoms with van der Waals surface area (Å²) in [5.74, 6) is -1.94. The van der Waals surface area contributed by atoms with Crippen LogP contribution in [0.25, 0.3) is 22.0 Å². The first-order valence-electron chi connectivity index (χ1n) is 13.5. The molecule has 1 amide bonds. The molecule has 2 aliphatic heterocycles. The van der Waals surface area contributed by atoms with Crippen LogP contribution in [0, 0.1) is 11.6 Å². The van der Waals surface area contributed by atoms with Crippen molar-refractivity contribution in [3.05, 3.63) is 53.6 Å². The molecule has 0 bridgehead atoms. The number of anilines is 2. The smallest absolute Gasteiger partial charge is 0.251 e. The van der Waals surface area contributed by atoms with Crippen molar-refractivity contribution in [3.8, 4) is 16.9 Å². The lowest BCUT2D eigenvalue weighted by Gasteiger charge is -2.46. The molecule has 2 fully saturated rings. The van der Waals surface area contributed by atoms with Crippen molar-refractivity contribution in [1.82, 2.24) is 19.8 Å². The summed E-state index contributed by atoms with van der Waals surface area (Å²) in [5, 5.41) is 10.5. The summed E-state index contributed by atoms with van der Waals surface area (Å²) in [6.07, 6.45) is -1.22. The number of hydrogen-bond donors (Lipinski definition) is 1. The highest BCUT2D eigenvalue weighted by molar-refractivity contribution is 6.34. The minimum absolute atomic E-state index is 0.133. The number of halogens is 5. The lowest BCUT2D eigenvalue weighted by atomic mass is 10.00. The Bertz CT molecular complexity index is 1520. The van der Waals surface area contributed by atoms with Gasteiger partial charge in [-0.25, -0.2) is 22.5 Å². The maximum atomic E-state index is 16.4. The number of likely N-dealkylation sites (N-methyl/N-ethyl adjacent to an activating group) is 1. The summed E-state index contributed by atoms with van der Waals surface area (Å²) in [4.78, 5) is 28.7. The molecule has 3 aromatic rings. The van der Waals surface area contributed by atoms with Crippen LogP contribution < -0.4 is 9.80 Å². The number of rotatable bonds is 7. The molecular formula is C29H31ClF4N6O2. The Morgan fingerprint density at radius 1 is 1.17 bits per heavy atom. The monoisotopic (exact) mass is 606 g/mol. The Kier molecular flexibility index (Phi) is 8.21. The second-order valence-electron chi connectivity index (χ2n) is 10.9. The Hall–Kier alpha value is -3.64. The summed E-state index contributed by atoms with van der Waals surface area (Å²) < 4.78 is 57.1. The van der Waals surface area contributed by atoms with Crippen LogP contribution in [0.2, 0.25) is 5.02 Å². The van der Waals surface area contributed by atoms with Gasteiger partial charge >= 0.3 is 0 Å². The third kappa shape index (κ3) is 5.33. The number of aromatic hydroxyl groups is 1. The number of piperazine rings is 1. The predicted molar refractivity (Wildman–Crippen MR) is 154 cm³/mol. The van der Waals surface area contributed by atoms with Gasteiger partial charge in [0, 0.05) is 55.3 Å². The van der Waals surface area contributed by atoms with Crippen LogP contribution in [0.5, 0.6) is 5.75 Å². The van der Waals surface area contributed by atoms with Crippen LogP contribution in [-0.2, 0) is 4.79 Å². The van der Waals surface area contributed by atoms with E-state index in [2.05, 4.69) is 11.6 Å². The highest BCUT2D eigenvalue weighted by Crippen LogP contribution is 2.43. The van der Waals surface area contributed by atoms with Crippen molar-refractivity contribution in [3.63, 3.8) is 0 Å². The van der Waals surface area contributed by atoms with Gasteiger partial charge in [0.2, 0.25) is 11.9 Å². The van der Waals surface area contributed by atoms with Crippen LogP contribution in [0.3, 0.4) is 0 Å². The maximum absolute atomic E-state index is 16.4. The molecule has 2 atom stereocenters. The average molecular weight is 607 g/mol. The van der Waals surface area contributed by atoms with Gasteiger partial charge in [0.25, 0.3) is 6.43 Å². The van der Waals surface area contributed by atoms with E-state index in [0.717, 1.165) is 6.07 Å². The van der Waals surface area contributed by atoms with E-state index in [1.807, 2.05) is 18.7 Å². The van der Waals surface area contributed by atoms with Crippen molar-refractivity contribution < 1.29 is 27.5 Å². The molecule has 0 spiro atoms. The summed E-state index contributed by atoms with van der Waals surface area (Å²) in [5.41, 5.74) is -0.859. The second-order valence-corrected chi connectivity index (χ2v) is 11.3. The molecule has 8 nitrogen and oxygen atoms in total. The molecular weight excluding hydrogens is 576 g/mol. The lowest BCUT2D eigenvalue weighted by molar-refractivity contribution is -0.128. The molecule has 2 aliphatic rings. The van der Waals surface area contributed by atoms with Gasteiger partial charge in [0.1, 0.15) is 22.9 Å². The van der Waals surface area contributed by atoms with Crippen LogP contribution in [0.1, 0.15) is 13.8 Å². The van der Waals surface area contributed by atoms with Gasteiger partial charge in [-0.1, -0.05) is 24.2 Å². The largest absolute Gasteiger partial charge is 0.507 e. The molecule has 13 heteroatoms. The molecule has 224 valence electrons. The first-order valence-corrected chi connectivity index (χ1v) is 13.9. The number of amides is 1. The molecule has 0 saturated carbocycles. The normalized spacial score (nSPS) is 19.6. The van der Waals surface area contributed by atoms with Crippen LogP contribution in [0.15, 0.2) is 36.9 Å². The van der Waals surface area contributed by atoms with E-state index in [0.29, 0.717) is 32.0 Å². The van der Waals surface area contributed by atoms with Crippen molar-refractivity contribution in [2.75, 3.05) is 49.6 Å². The molecule has 1 aromatic heterocycles. The number of carbonyl (C=O) groups excluding carboxylic acids is 1. The van der Waals surface area contributed by atoms with Crippen molar-refractivity contribution >= 4 is 40.2 Å². The highest BCUT2D eigenvalue weighted by atomic mass is 35.5. The molecule has 0 aliphatic carbocycles. The van der Waals surface area contributed by atoms with Crippen molar-refractivity contribution in [2.24, 2.45) is 0 Å². The third-order valence-electron chi connectivity index (χ3n) is 8.00. The minimum atomic E-state index is -2.48. The van der Waals surface area contributed by atoms with Crippen LogP contribution in [-0.4, -0.2) is 95.1 Å². The van der Waals surface area contributed by atoms with Crippen molar-refractivity contribution in [1.29, 1.82) is 0 Å².